The van der Waals surface area contributed by atoms with Crippen molar-refractivity contribution in [1.82, 2.24) is 0 Å². The van der Waals surface area contributed by atoms with E-state index in [0.29, 0.717) is 6.42 Å². The zero-order chi connectivity index (χ0) is 9.73. The molecule has 0 aliphatic heterocycles. The molecule has 1 aliphatic rings. The van der Waals surface area contributed by atoms with E-state index < -0.39 is 11.5 Å². The summed E-state index contributed by atoms with van der Waals surface area (Å²) in [5, 5.41) is 27.2. The third-order valence-electron chi connectivity index (χ3n) is 2.29. The molecule has 3 N–H and O–H groups in total. The van der Waals surface area contributed by atoms with Gasteiger partial charge in [-0.15, -0.1) is 0 Å². The molecule has 1 aliphatic carbocycles. The second-order valence-corrected chi connectivity index (χ2v) is 3.47. The molecule has 3 heteroatoms. The molecule has 0 unspecified atom stereocenters. The standard InChI is InChI=1S/C10H16O3/c11-7-9(13)6-10(8-12)4-2-1-3-5-10/h2-5,9,11-13H,1,6-8H2/t9-/m1/s1. The van der Waals surface area contributed by atoms with Crippen molar-refractivity contribution < 1.29 is 15.3 Å². The minimum atomic E-state index is -0.764. The summed E-state index contributed by atoms with van der Waals surface area (Å²) in [6, 6.07) is 0. The van der Waals surface area contributed by atoms with E-state index in [-0.39, 0.29) is 13.2 Å². The Balaban J connectivity index is 2.63. The lowest BCUT2D eigenvalue weighted by Gasteiger charge is -2.28. The molecule has 74 valence electrons. The fourth-order valence-corrected chi connectivity index (χ4v) is 1.55. The van der Waals surface area contributed by atoms with Gasteiger partial charge in [-0.1, -0.05) is 24.3 Å². The summed E-state index contributed by atoms with van der Waals surface area (Å²) < 4.78 is 0. The summed E-state index contributed by atoms with van der Waals surface area (Å²) in [6.07, 6.45) is 8.18. The quantitative estimate of drug-likeness (QED) is 0.548. The molecule has 0 aromatic carbocycles. The van der Waals surface area contributed by atoms with E-state index in [4.69, 9.17) is 5.11 Å². The van der Waals surface area contributed by atoms with Gasteiger partial charge in [0.05, 0.1) is 19.3 Å². The zero-order valence-electron chi connectivity index (χ0n) is 7.56. The molecule has 3 nitrogen and oxygen atoms in total. The molecule has 0 bridgehead atoms. The zero-order valence-corrected chi connectivity index (χ0v) is 7.56. The predicted octanol–water partition coefficient (Wildman–Crippen LogP) is 0.224. The first-order valence-electron chi connectivity index (χ1n) is 4.47. The van der Waals surface area contributed by atoms with Crippen LogP contribution in [0.5, 0.6) is 0 Å². The SMILES string of the molecule is OC[C@H](O)CC1(CO)C=CCC=C1. The van der Waals surface area contributed by atoms with E-state index in [1.165, 1.54) is 0 Å². The van der Waals surface area contributed by atoms with Crippen molar-refractivity contribution in [1.29, 1.82) is 0 Å². The van der Waals surface area contributed by atoms with Gasteiger partial charge >= 0.3 is 0 Å². The smallest absolute Gasteiger partial charge is 0.0783 e. The maximum absolute atomic E-state index is 9.28. The second kappa shape index (κ2) is 4.56. The molecule has 0 aromatic rings. The summed E-state index contributed by atoms with van der Waals surface area (Å²) in [5.74, 6) is 0. The molecule has 0 fully saturated rings. The maximum Gasteiger partial charge on any atom is 0.0783 e. The van der Waals surface area contributed by atoms with Gasteiger partial charge in [-0.05, 0) is 12.8 Å². The van der Waals surface area contributed by atoms with E-state index >= 15 is 0 Å². The Hall–Kier alpha value is -0.640. The third kappa shape index (κ3) is 2.66. The lowest BCUT2D eigenvalue weighted by atomic mass is 9.80. The van der Waals surface area contributed by atoms with Crippen molar-refractivity contribution in [2.75, 3.05) is 13.2 Å². The first-order chi connectivity index (χ1) is 6.22. The molecular formula is C10H16O3. The lowest BCUT2D eigenvalue weighted by Crippen LogP contribution is -2.29. The van der Waals surface area contributed by atoms with Crippen molar-refractivity contribution in [2.45, 2.75) is 18.9 Å². The Morgan fingerprint density at radius 2 is 1.85 bits per heavy atom. The van der Waals surface area contributed by atoms with E-state index in [9.17, 15) is 10.2 Å². The summed E-state index contributed by atoms with van der Waals surface area (Å²) >= 11 is 0. The van der Waals surface area contributed by atoms with E-state index in [1.54, 1.807) is 0 Å². The van der Waals surface area contributed by atoms with Crippen LogP contribution in [0.25, 0.3) is 0 Å². The summed E-state index contributed by atoms with van der Waals surface area (Å²) in [7, 11) is 0. The van der Waals surface area contributed by atoms with Crippen molar-refractivity contribution in [3.8, 4) is 0 Å². The normalized spacial score (nSPS) is 21.8. The average Bonchev–Trinajstić information content (AvgIpc) is 2.19. The molecule has 0 radical (unpaired) electrons. The van der Waals surface area contributed by atoms with E-state index in [0.717, 1.165) is 6.42 Å². The van der Waals surface area contributed by atoms with Gasteiger partial charge in [0.15, 0.2) is 0 Å². The fraction of sp³-hybridized carbons (Fsp3) is 0.600. The Morgan fingerprint density at radius 3 is 2.31 bits per heavy atom. The van der Waals surface area contributed by atoms with Crippen molar-refractivity contribution in [3.05, 3.63) is 24.3 Å². The van der Waals surface area contributed by atoms with Crippen LogP contribution in [0.2, 0.25) is 0 Å². The first kappa shape index (κ1) is 10.4. The first-order valence-corrected chi connectivity index (χ1v) is 4.47. The maximum atomic E-state index is 9.28. The van der Waals surface area contributed by atoms with Gasteiger partial charge in [0.1, 0.15) is 0 Å². The number of aliphatic hydroxyl groups is 3. The minimum absolute atomic E-state index is 0.0307. The van der Waals surface area contributed by atoms with Crippen LogP contribution in [-0.2, 0) is 0 Å². The molecular weight excluding hydrogens is 168 g/mol. The highest BCUT2D eigenvalue weighted by molar-refractivity contribution is 5.18. The van der Waals surface area contributed by atoms with Gasteiger partial charge in [0, 0.05) is 5.41 Å². The topological polar surface area (TPSA) is 60.7 Å². The lowest BCUT2D eigenvalue weighted by molar-refractivity contribution is 0.0541. The molecule has 1 rings (SSSR count). The van der Waals surface area contributed by atoms with Gasteiger partial charge in [0.2, 0.25) is 0 Å². The Bertz CT molecular complexity index is 196. The molecule has 1 atom stereocenters. The monoisotopic (exact) mass is 184 g/mol. The van der Waals surface area contributed by atoms with Gasteiger partial charge in [0.25, 0.3) is 0 Å². The number of hydrogen-bond acceptors (Lipinski definition) is 3. The van der Waals surface area contributed by atoms with Crippen LogP contribution in [0, 0.1) is 5.41 Å². The number of aliphatic hydroxyl groups excluding tert-OH is 3. The van der Waals surface area contributed by atoms with Crippen molar-refractivity contribution in [3.63, 3.8) is 0 Å². The Labute approximate surface area is 78.0 Å². The second-order valence-electron chi connectivity index (χ2n) is 3.47. The Kier molecular flexibility index (Phi) is 3.66. The molecule has 0 saturated heterocycles. The van der Waals surface area contributed by atoms with Crippen LogP contribution < -0.4 is 0 Å². The Morgan fingerprint density at radius 1 is 1.23 bits per heavy atom. The van der Waals surface area contributed by atoms with Crippen LogP contribution in [0.4, 0.5) is 0 Å². The van der Waals surface area contributed by atoms with Crippen molar-refractivity contribution >= 4 is 0 Å². The van der Waals surface area contributed by atoms with Crippen molar-refractivity contribution in [2.24, 2.45) is 5.41 Å². The minimum Gasteiger partial charge on any atom is -0.395 e. The van der Waals surface area contributed by atoms with Gasteiger partial charge < -0.3 is 15.3 Å². The molecule has 13 heavy (non-hydrogen) atoms. The number of rotatable bonds is 4. The van der Waals surface area contributed by atoms with E-state index in [1.807, 2.05) is 24.3 Å². The summed E-state index contributed by atoms with van der Waals surface area (Å²) in [5.41, 5.74) is -0.472. The van der Waals surface area contributed by atoms with Crippen LogP contribution in [0.15, 0.2) is 24.3 Å². The fourth-order valence-electron chi connectivity index (χ4n) is 1.55. The van der Waals surface area contributed by atoms with Gasteiger partial charge in [-0.25, -0.2) is 0 Å². The van der Waals surface area contributed by atoms with E-state index in [2.05, 4.69) is 0 Å². The highest BCUT2D eigenvalue weighted by atomic mass is 16.3. The predicted molar refractivity (Wildman–Crippen MR) is 50.1 cm³/mol. The average molecular weight is 184 g/mol. The number of allylic oxidation sites excluding steroid dienone is 2. The molecule has 0 spiro atoms. The third-order valence-corrected chi connectivity index (χ3v) is 2.29. The highest BCUT2D eigenvalue weighted by Gasteiger charge is 2.27. The summed E-state index contributed by atoms with van der Waals surface area (Å²) in [4.78, 5) is 0. The van der Waals surface area contributed by atoms with Crippen LogP contribution in [-0.4, -0.2) is 34.6 Å². The van der Waals surface area contributed by atoms with Crippen LogP contribution in [0.3, 0.4) is 0 Å². The number of hydrogen-bond donors (Lipinski definition) is 3. The molecule has 0 aromatic heterocycles. The van der Waals surface area contributed by atoms with Gasteiger partial charge in [-0.2, -0.15) is 0 Å². The highest BCUT2D eigenvalue weighted by Crippen LogP contribution is 2.30. The largest absolute Gasteiger partial charge is 0.395 e. The summed E-state index contributed by atoms with van der Waals surface area (Å²) in [6.45, 7) is -0.291. The van der Waals surface area contributed by atoms with Crippen LogP contribution in [0.1, 0.15) is 12.8 Å². The van der Waals surface area contributed by atoms with Crippen LogP contribution >= 0.6 is 0 Å². The molecule has 0 amide bonds. The molecule has 0 heterocycles. The van der Waals surface area contributed by atoms with Gasteiger partial charge in [-0.3, -0.25) is 0 Å². The molecule has 0 saturated carbocycles.